The van der Waals surface area contributed by atoms with Crippen molar-refractivity contribution in [3.8, 4) is 0 Å². The van der Waals surface area contributed by atoms with Gasteiger partial charge in [-0.25, -0.2) is 4.98 Å². The first-order chi connectivity index (χ1) is 9.69. The fraction of sp³-hybridized carbons (Fsp3) is 0.267. The van der Waals surface area contributed by atoms with Gasteiger partial charge >= 0.3 is 0 Å². The smallest absolute Gasteiger partial charge is 0.195 e. The third-order valence-corrected chi connectivity index (χ3v) is 4.11. The van der Waals surface area contributed by atoms with Gasteiger partial charge < -0.3 is 10.0 Å². The molecule has 3 aromatic rings. The van der Waals surface area contributed by atoms with Gasteiger partial charge in [-0.05, 0) is 12.5 Å². The zero-order valence-corrected chi connectivity index (χ0v) is 12.4. The minimum absolute atomic E-state index is 0.00854. The molecule has 0 aliphatic heterocycles. The number of imidazole rings is 1. The maximum atomic E-state index is 9.60. The Kier molecular flexibility index (Phi) is 3.46. The standard InChI is InChI=1S/C15H17N3OS/c1-11-4-3-5-12(8-11)9-17(2)14-13(10-19)18-6-7-20-15(18)16-14/h3-8,19H,9-10H2,1-2H3. The van der Waals surface area contributed by atoms with Gasteiger partial charge in [-0.2, -0.15) is 0 Å². The lowest BCUT2D eigenvalue weighted by atomic mass is 10.1. The van der Waals surface area contributed by atoms with Crippen LogP contribution in [0.5, 0.6) is 0 Å². The van der Waals surface area contributed by atoms with E-state index < -0.39 is 0 Å². The van der Waals surface area contributed by atoms with Crippen LogP contribution in [-0.2, 0) is 13.2 Å². The Hall–Kier alpha value is -1.85. The van der Waals surface area contributed by atoms with Gasteiger partial charge in [0.25, 0.3) is 0 Å². The molecule has 0 atom stereocenters. The number of anilines is 1. The second-order valence-corrected chi connectivity index (χ2v) is 5.81. The van der Waals surface area contributed by atoms with Crippen LogP contribution in [0.3, 0.4) is 0 Å². The predicted molar refractivity (Wildman–Crippen MR) is 82.3 cm³/mol. The molecule has 104 valence electrons. The highest BCUT2D eigenvalue weighted by molar-refractivity contribution is 7.15. The molecule has 2 aromatic heterocycles. The predicted octanol–water partition coefficient (Wildman–Crippen LogP) is 2.83. The number of fused-ring (bicyclic) bond motifs is 1. The van der Waals surface area contributed by atoms with E-state index in [0.717, 1.165) is 23.0 Å². The fourth-order valence-electron chi connectivity index (χ4n) is 2.43. The summed E-state index contributed by atoms with van der Waals surface area (Å²) in [7, 11) is 2.01. The maximum absolute atomic E-state index is 9.60. The van der Waals surface area contributed by atoms with Crippen molar-refractivity contribution in [3.05, 3.63) is 52.7 Å². The molecule has 0 saturated heterocycles. The molecular formula is C15H17N3OS. The Morgan fingerprint density at radius 2 is 2.25 bits per heavy atom. The average Bonchev–Trinajstić information content (AvgIpc) is 2.98. The number of aryl methyl sites for hydroxylation is 1. The molecule has 0 saturated carbocycles. The highest BCUT2D eigenvalue weighted by atomic mass is 32.1. The Balaban J connectivity index is 1.92. The van der Waals surface area contributed by atoms with Crippen molar-refractivity contribution in [2.45, 2.75) is 20.1 Å². The van der Waals surface area contributed by atoms with Gasteiger partial charge in [0.05, 0.1) is 12.3 Å². The number of rotatable bonds is 4. The lowest BCUT2D eigenvalue weighted by Gasteiger charge is -2.18. The molecule has 0 unspecified atom stereocenters. The Morgan fingerprint density at radius 1 is 1.40 bits per heavy atom. The molecule has 0 spiro atoms. The number of thiazole rings is 1. The molecule has 0 radical (unpaired) electrons. The van der Waals surface area contributed by atoms with Crippen LogP contribution < -0.4 is 4.90 Å². The highest BCUT2D eigenvalue weighted by Gasteiger charge is 2.16. The third kappa shape index (κ3) is 2.30. The van der Waals surface area contributed by atoms with Gasteiger partial charge in [0, 0.05) is 25.2 Å². The van der Waals surface area contributed by atoms with Crippen LogP contribution >= 0.6 is 11.3 Å². The van der Waals surface area contributed by atoms with Crippen LogP contribution in [0, 0.1) is 6.92 Å². The molecule has 0 aliphatic rings. The summed E-state index contributed by atoms with van der Waals surface area (Å²) >= 11 is 1.58. The minimum atomic E-state index is -0.00854. The van der Waals surface area contributed by atoms with E-state index in [-0.39, 0.29) is 6.61 Å². The molecule has 0 aliphatic carbocycles. The van der Waals surface area contributed by atoms with E-state index in [1.54, 1.807) is 11.3 Å². The highest BCUT2D eigenvalue weighted by Crippen LogP contribution is 2.25. The summed E-state index contributed by atoms with van der Waals surface area (Å²) in [5.41, 5.74) is 3.34. The van der Waals surface area contributed by atoms with E-state index in [4.69, 9.17) is 0 Å². The van der Waals surface area contributed by atoms with Gasteiger partial charge in [-0.1, -0.05) is 29.8 Å². The molecule has 20 heavy (non-hydrogen) atoms. The topological polar surface area (TPSA) is 40.8 Å². The van der Waals surface area contributed by atoms with E-state index in [1.807, 2.05) is 23.0 Å². The summed E-state index contributed by atoms with van der Waals surface area (Å²) in [6.07, 6.45) is 1.95. The zero-order chi connectivity index (χ0) is 14.1. The SMILES string of the molecule is Cc1cccc(CN(C)c2nc3sccn3c2CO)c1. The van der Waals surface area contributed by atoms with E-state index >= 15 is 0 Å². The van der Waals surface area contributed by atoms with Gasteiger partial charge in [0.2, 0.25) is 0 Å². The molecule has 1 N–H and O–H groups in total. The van der Waals surface area contributed by atoms with Crippen LogP contribution in [0.1, 0.15) is 16.8 Å². The summed E-state index contributed by atoms with van der Waals surface area (Å²) in [5.74, 6) is 0.848. The lowest BCUT2D eigenvalue weighted by molar-refractivity contribution is 0.276. The van der Waals surface area contributed by atoms with Crippen molar-refractivity contribution in [1.82, 2.24) is 9.38 Å². The van der Waals surface area contributed by atoms with Crippen LogP contribution in [0.15, 0.2) is 35.8 Å². The number of aliphatic hydroxyl groups is 1. The summed E-state index contributed by atoms with van der Waals surface area (Å²) in [6, 6.07) is 8.44. The number of hydrogen-bond acceptors (Lipinski definition) is 4. The number of hydrogen-bond donors (Lipinski definition) is 1. The largest absolute Gasteiger partial charge is 0.390 e. The van der Waals surface area contributed by atoms with Crippen LogP contribution in [0.4, 0.5) is 5.82 Å². The molecule has 5 heteroatoms. The van der Waals surface area contributed by atoms with Crippen molar-refractivity contribution in [1.29, 1.82) is 0 Å². The first-order valence-corrected chi connectivity index (χ1v) is 7.39. The maximum Gasteiger partial charge on any atom is 0.195 e. The van der Waals surface area contributed by atoms with E-state index in [1.165, 1.54) is 11.1 Å². The Bertz CT molecular complexity index is 732. The van der Waals surface area contributed by atoms with Crippen molar-refractivity contribution < 1.29 is 5.11 Å². The van der Waals surface area contributed by atoms with Crippen molar-refractivity contribution >= 4 is 22.1 Å². The molecule has 1 aromatic carbocycles. The molecule has 0 fully saturated rings. The second kappa shape index (κ2) is 5.26. The summed E-state index contributed by atoms with van der Waals surface area (Å²) in [5, 5.41) is 11.6. The monoisotopic (exact) mass is 287 g/mol. The lowest BCUT2D eigenvalue weighted by Crippen LogP contribution is -2.18. The molecule has 4 nitrogen and oxygen atoms in total. The average molecular weight is 287 g/mol. The summed E-state index contributed by atoms with van der Waals surface area (Å²) in [6.45, 7) is 2.86. The van der Waals surface area contributed by atoms with Gasteiger partial charge in [0.1, 0.15) is 0 Å². The number of aromatic nitrogens is 2. The number of aliphatic hydroxyl groups excluding tert-OH is 1. The van der Waals surface area contributed by atoms with Crippen LogP contribution in [-0.4, -0.2) is 21.5 Å². The Morgan fingerprint density at radius 3 is 3.00 bits per heavy atom. The third-order valence-electron chi connectivity index (χ3n) is 3.35. The van der Waals surface area contributed by atoms with Crippen molar-refractivity contribution in [2.75, 3.05) is 11.9 Å². The normalized spacial score (nSPS) is 11.2. The van der Waals surface area contributed by atoms with E-state index in [9.17, 15) is 5.11 Å². The molecule has 0 bridgehead atoms. The van der Waals surface area contributed by atoms with E-state index in [0.29, 0.717) is 0 Å². The Labute approximate surface area is 121 Å². The summed E-state index contributed by atoms with van der Waals surface area (Å²) in [4.78, 5) is 7.61. The molecule has 0 amide bonds. The summed E-state index contributed by atoms with van der Waals surface area (Å²) < 4.78 is 1.95. The first-order valence-electron chi connectivity index (χ1n) is 6.51. The number of benzene rings is 1. The van der Waals surface area contributed by atoms with Gasteiger partial charge in [0.15, 0.2) is 10.8 Å². The quantitative estimate of drug-likeness (QED) is 0.802. The van der Waals surface area contributed by atoms with Gasteiger partial charge in [-0.15, -0.1) is 11.3 Å². The zero-order valence-electron chi connectivity index (χ0n) is 11.6. The molecular weight excluding hydrogens is 270 g/mol. The van der Waals surface area contributed by atoms with Gasteiger partial charge in [-0.3, -0.25) is 4.40 Å². The fourth-order valence-corrected chi connectivity index (χ4v) is 3.16. The number of nitrogens with zero attached hydrogens (tertiary/aromatic N) is 3. The first kappa shape index (κ1) is 13.1. The van der Waals surface area contributed by atoms with Crippen LogP contribution in [0.2, 0.25) is 0 Å². The van der Waals surface area contributed by atoms with Crippen molar-refractivity contribution in [2.24, 2.45) is 0 Å². The molecule has 2 heterocycles. The van der Waals surface area contributed by atoms with Crippen molar-refractivity contribution in [3.63, 3.8) is 0 Å². The molecule has 3 rings (SSSR count). The van der Waals surface area contributed by atoms with E-state index in [2.05, 4.69) is 41.1 Å². The second-order valence-electron chi connectivity index (χ2n) is 4.94. The minimum Gasteiger partial charge on any atom is -0.390 e. The van der Waals surface area contributed by atoms with Crippen LogP contribution in [0.25, 0.3) is 4.96 Å².